The molecular formula is C15H27N5O. The lowest BCUT2D eigenvalue weighted by molar-refractivity contribution is 0.0741. The number of H-pyrrole nitrogens is 1. The van der Waals surface area contributed by atoms with E-state index in [1.807, 2.05) is 18.0 Å². The summed E-state index contributed by atoms with van der Waals surface area (Å²) < 4.78 is 0. The molecule has 0 aliphatic carbocycles. The molecule has 0 saturated carbocycles. The van der Waals surface area contributed by atoms with Gasteiger partial charge in [0.15, 0.2) is 0 Å². The summed E-state index contributed by atoms with van der Waals surface area (Å²) in [5.41, 5.74) is 2.34. The predicted molar refractivity (Wildman–Crippen MR) is 83.3 cm³/mol. The molecule has 0 spiro atoms. The summed E-state index contributed by atoms with van der Waals surface area (Å²) in [4.78, 5) is 16.5. The van der Waals surface area contributed by atoms with Crippen LogP contribution in [0.15, 0.2) is 6.20 Å². The molecule has 1 saturated heterocycles. The summed E-state index contributed by atoms with van der Waals surface area (Å²) in [6.45, 7) is 8.76. The standard InChI is InChI=1S/C15H27N5O/c1-11-14(10-17-18-11)6-5-7-16-15(21)20-9-8-19(4)12(2)13(20)3/h10,12-13H,5-9H2,1-4H3,(H,16,21)(H,17,18)/t12-,13+/m0/s1. The van der Waals surface area contributed by atoms with Gasteiger partial charge in [0.05, 0.1) is 6.20 Å². The number of nitrogens with zero attached hydrogens (tertiary/aromatic N) is 3. The van der Waals surface area contributed by atoms with Crippen molar-refractivity contribution in [2.24, 2.45) is 0 Å². The van der Waals surface area contributed by atoms with Crippen molar-refractivity contribution in [2.45, 2.75) is 45.7 Å². The van der Waals surface area contributed by atoms with E-state index < -0.39 is 0 Å². The van der Waals surface area contributed by atoms with Gasteiger partial charge >= 0.3 is 6.03 Å². The van der Waals surface area contributed by atoms with Gasteiger partial charge < -0.3 is 10.2 Å². The molecular weight excluding hydrogens is 266 g/mol. The number of carbonyl (C=O) groups excluding carboxylic acids is 1. The van der Waals surface area contributed by atoms with Crippen molar-refractivity contribution in [3.8, 4) is 0 Å². The topological polar surface area (TPSA) is 64.3 Å². The van der Waals surface area contributed by atoms with Crippen LogP contribution >= 0.6 is 0 Å². The van der Waals surface area contributed by atoms with Gasteiger partial charge in [0.2, 0.25) is 0 Å². The van der Waals surface area contributed by atoms with Gasteiger partial charge in [-0.3, -0.25) is 10.00 Å². The first-order valence-corrected chi connectivity index (χ1v) is 7.74. The molecule has 1 aliphatic rings. The fourth-order valence-electron chi connectivity index (χ4n) is 2.79. The maximum Gasteiger partial charge on any atom is 0.317 e. The van der Waals surface area contributed by atoms with Crippen molar-refractivity contribution in [1.29, 1.82) is 0 Å². The molecule has 6 nitrogen and oxygen atoms in total. The minimum atomic E-state index is 0.0614. The van der Waals surface area contributed by atoms with E-state index in [1.54, 1.807) is 0 Å². The van der Waals surface area contributed by atoms with Crippen LogP contribution < -0.4 is 5.32 Å². The zero-order chi connectivity index (χ0) is 15.4. The molecule has 2 rings (SSSR count). The molecule has 1 aliphatic heterocycles. The number of aryl methyl sites for hydroxylation is 2. The van der Waals surface area contributed by atoms with Crippen molar-refractivity contribution in [3.05, 3.63) is 17.5 Å². The smallest absolute Gasteiger partial charge is 0.317 e. The normalized spacial score (nSPS) is 23.3. The Morgan fingerprint density at radius 3 is 2.86 bits per heavy atom. The Morgan fingerprint density at radius 1 is 1.43 bits per heavy atom. The minimum absolute atomic E-state index is 0.0614. The Hall–Kier alpha value is -1.56. The summed E-state index contributed by atoms with van der Waals surface area (Å²) in [6, 6.07) is 0.712. The Bertz CT molecular complexity index is 472. The molecule has 0 bridgehead atoms. The molecule has 21 heavy (non-hydrogen) atoms. The average Bonchev–Trinajstić information content (AvgIpc) is 2.86. The second kappa shape index (κ2) is 6.93. The molecule has 1 fully saturated rings. The van der Waals surface area contributed by atoms with Gasteiger partial charge in [0, 0.05) is 37.4 Å². The van der Waals surface area contributed by atoms with E-state index in [0.717, 1.165) is 31.6 Å². The number of carbonyl (C=O) groups is 1. The van der Waals surface area contributed by atoms with Crippen molar-refractivity contribution >= 4 is 6.03 Å². The van der Waals surface area contributed by atoms with E-state index >= 15 is 0 Å². The summed E-state index contributed by atoms with van der Waals surface area (Å²) in [7, 11) is 2.11. The predicted octanol–water partition coefficient (Wildman–Crippen LogP) is 1.38. The Labute approximate surface area is 126 Å². The highest BCUT2D eigenvalue weighted by atomic mass is 16.2. The van der Waals surface area contributed by atoms with Crippen molar-refractivity contribution < 1.29 is 4.79 Å². The van der Waals surface area contributed by atoms with Crippen LogP contribution in [-0.4, -0.2) is 64.8 Å². The zero-order valence-electron chi connectivity index (χ0n) is 13.5. The number of hydrogen-bond acceptors (Lipinski definition) is 3. The second-order valence-corrected chi connectivity index (χ2v) is 6.01. The van der Waals surface area contributed by atoms with Gasteiger partial charge in [-0.05, 0) is 46.2 Å². The first-order chi connectivity index (χ1) is 10.0. The molecule has 2 heterocycles. The lowest BCUT2D eigenvalue weighted by Gasteiger charge is -2.43. The van der Waals surface area contributed by atoms with Crippen LogP contribution in [0.5, 0.6) is 0 Å². The number of aromatic amines is 1. The van der Waals surface area contributed by atoms with Crippen LogP contribution in [0, 0.1) is 6.92 Å². The average molecular weight is 293 g/mol. The molecule has 0 radical (unpaired) electrons. The van der Waals surface area contributed by atoms with E-state index in [-0.39, 0.29) is 12.1 Å². The van der Waals surface area contributed by atoms with Crippen LogP contribution in [0.25, 0.3) is 0 Å². The monoisotopic (exact) mass is 293 g/mol. The van der Waals surface area contributed by atoms with Gasteiger partial charge in [-0.25, -0.2) is 4.79 Å². The molecule has 6 heteroatoms. The molecule has 0 unspecified atom stereocenters. The Balaban J connectivity index is 1.73. The van der Waals surface area contributed by atoms with E-state index in [0.29, 0.717) is 12.6 Å². The SMILES string of the molecule is Cc1[nH]ncc1CCCNC(=O)N1CCN(C)[C@@H](C)[C@H]1C. The number of rotatable bonds is 4. The van der Waals surface area contributed by atoms with Gasteiger partial charge in [0.25, 0.3) is 0 Å². The lowest BCUT2D eigenvalue weighted by atomic mass is 10.1. The number of piperazine rings is 1. The third-order valence-corrected chi connectivity index (χ3v) is 4.67. The Kier molecular flexibility index (Phi) is 5.22. The number of aromatic nitrogens is 2. The fourth-order valence-corrected chi connectivity index (χ4v) is 2.79. The third-order valence-electron chi connectivity index (χ3n) is 4.67. The highest BCUT2D eigenvalue weighted by Gasteiger charge is 2.31. The molecule has 1 aromatic heterocycles. The molecule has 118 valence electrons. The quantitative estimate of drug-likeness (QED) is 0.825. The van der Waals surface area contributed by atoms with Gasteiger partial charge in [0.1, 0.15) is 0 Å². The first kappa shape index (κ1) is 15.8. The van der Waals surface area contributed by atoms with E-state index in [2.05, 4.69) is 41.3 Å². The number of amides is 2. The van der Waals surface area contributed by atoms with E-state index in [9.17, 15) is 4.79 Å². The fraction of sp³-hybridized carbons (Fsp3) is 0.733. The van der Waals surface area contributed by atoms with Gasteiger partial charge in [-0.15, -0.1) is 0 Å². The Morgan fingerprint density at radius 2 is 2.19 bits per heavy atom. The molecule has 1 aromatic rings. The highest BCUT2D eigenvalue weighted by Crippen LogP contribution is 2.15. The lowest BCUT2D eigenvalue weighted by Crippen LogP contribution is -2.59. The summed E-state index contributed by atoms with van der Waals surface area (Å²) in [5.74, 6) is 0. The van der Waals surface area contributed by atoms with Crippen LogP contribution in [0.1, 0.15) is 31.5 Å². The third kappa shape index (κ3) is 3.75. The van der Waals surface area contributed by atoms with Crippen molar-refractivity contribution in [2.75, 3.05) is 26.7 Å². The summed E-state index contributed by atoms with van der Waals surface area (Å²) in [5, 5.41) is 9.98. The van der Waals surface area contributed by atoms with Gasteiger partial charge in [-0.2, -0.15) is 5.10 Å². The second-order valence-electron chi connectivity index (χ2n) is 6.01. The van der Waals surface area contributed by atoms with E-state index in [4.69, 9.17) is 0 Å². The molecule has 0 aromatic carbocycles. The number of urea groups is 1. The van der Waals surface area contributed by atoms with Crippen LogP contribution in [0.4, 0.5) is 4.79 Å². The highest BCUT2D eigenvalue weighted by molar-refractivity contribution is 5.74. The van der Waals surface area contributed by atoms with E-state index in [1.165, 1.54) is 5.56 Å². The largest absolute Gasteiger partial charge is 0.338 e. The number of likely N-dealkylation sites (N-methyl/N-ethyl adjacent to an activating group) is 1. The molecule has 2 N–H and O–H groups in total. The maximum absolute atomic E-state index is 12.3. The number of nitrogens with one attached hydrogen (secondary N) is 2. The van der Waals surface area contributed by atoms with Crippen LogP contribution in [0.3, 0.4) is 0 Å². The summed E-state index contributed by atoms with van der Waals surface area (Å²) in [6.07, 6.45) is 3.74. The first-order valence-electron chi connectivity index (χ1n) is 7.74. The minimum Gasteiger partial charge on any atom is -0.338 e. The number of hydrogen-bond donors (Lipinski definition) is 2. The maximum atomic E-state index is 12.3. The van der Waals surface area contributed by atoms with Crippen molar-refractivity contribution in [1.82, 2.24) is 25.3 Å². The zero-order valence-corrected chi connectivity index (χ0v) is 13.5. The van der Waals surface area contributed by atoms with Gasteiger partial charge in [-0.1, -0.05) is 0 Å². The summed E-state index contributed by atoms with van der Waals surface area (Å²) >= 11 is 0. The molecule has 2 amide bonds. The van der Waals surface area contributed by atoms with Crippen LogP contribution in [-0.2, 0) is 6.42 Å². The molecule has 2 atom stereocenters. The van der Waals surface area contributed by atoms with Crippen molar-refractivity contribution in [3.63, 3.8) is 0 Å². The van der Waals surface area contributed by atoms with Crippen LogP contribution in [0.2, 0.25) is 0 Å².